The van der Waals surface area contributed by atoms with Crippen LogP contribution in [0.3, 0.4) is 0 Å². The molecule has 1 heterocycles. The molecule has 0 unspecified atom stereocenters. The normalized spacial score (nSPS) is 10.4. The summed E-state index contributed by atoms with van der Waals surface area (Å²) >= 11 is 0. The molecule has 0 saturated heterocycles. The van der Waals surface area contributed by atoms with Crippen LogP contribution in [0.1, 0.15) is 22.4 Å². The minimum atomic E-state index is 0.876. The molecule has 0 amide bonds. The summed E-state index contributed by atoms with van der Waals surface area (Å²) in [6.07, 6.45) is 1.78. The minimum absolute atomic E-state index is 0.876. The van der Waals surface area contributed by atoms with Gasteiger partial charge in [-0.3, -0.25) is 4.98 Å². The molecule has 88 valence electrons. The summed E-state index contributed by atoms with van der Waals surface area (Å²) in [5.41, 5.74) is 4.61. The van der Waals surface area contributed by atoms with Gasteiger partial charge < -0.3 is 4.74 Å². The van der Waals surface area contributed by atoms with E-state index < -0.39 is 0 Å². The molecule has 2 heteroatoms. The third-order valence-electron chi connectivity index (χ3n) is 3.11. The lowest BCUT2D eigenvalue weighted by Crippen LogP contribution is -1.93. The van der Waals surface area contributed by atoms with E-state index in [2.05, 4.69) is 31.0 Å². The second kappa shape index (κ2) is 4.58. The van der Waals surface area contributed by atoms with Crippen LogP contribution in [-0.4, -0.2) is 4.98 Å². The van der Waals surface area contributed by atoms with Crippen molar-refractivity contribution >= 4 is 0 Å². The van der Waals surface area contributed by atoms with Gasteiger partial charge in [0.25, 0.3) is 0 Å². The molecule has 0 aliphatic rings. The Morgan fingerprint density at radius 2 is 1.71 bits per heavy atom. The molecular weight excluding hydrogens is 210 g/mol. The molecule has 1 aromatic heterocycles. The monoisotopic (exact) mass is 227 g/mol. The molecule has 2 aromatic rings. The molecule has 0 atom stereocenters. The van der Waals surface area contributed by atoms with Crippen LogP contribution >= 0.6 is 0 Å². The first-order valence-corrected chi connectivity index (χ1v) is 5.75. The molecular formula is C15H17NO. The zero-order chi connectivity index (χ0) is 12.4. The Bertz CT molecular complexity index is 547. The van der Waals surface area contributed by atoms with Gasteiger partial charge in [0.15, 0.2) is 0 Å². The van der Waals surface area contributed by atoms with Crippen molar-refractivity contribution < 1.29 is 4.74 Å². The Balaban J connectivity index is 2.31. The largest absolute Gasteiger partial charge is 0.457 e. The highest BCUT2D eigenvalue weighted by Gasteiger charge is 2.04. The Morgan fingerprint density at radius 3 is 2.41 bits per heavy atom. The van der Waals surface area contributed by atoms with E-state index in [-0.39, 0.29) is 0 Å². The maximum Gasteiger partial charge on any atom is 0.133 e. The highest BCUT2D eigenvalue weighted by Crippen LogP contribution is 2.26. The van der Waals surface area contributed by atoms with E-state index in [0.717, 1.165) is 22.8 Å². The first-order chi connectivity index (χ1) is 8.08. The summed E-state index contributed by atoms with van der Waals surface area (Å²) in [7, 11) is 0. The van der Waals surface area contributed by atoms with Gasteiger partial charge in [0.2, 0.25) is 0 Å². The molecule has 17 heavy (non-hydrogen) atoms. The number of hydrogen-bond acceptors (Lipinski definition) is 2. The smallest absolute Gasteiger partial charge is 0.133 e. The number of pyridine rings is 1. The van der Waals surface area contributed by atoms with Crippen LogP contribution in [0, 0.1) is 27.7 Å². The quantitative estimate of drug-likeness (QED) is 0.770. The van der Waals surface area contributed by atoms with Crippen molar-refractivity contribution in [2.24, 2.45) is 0 Å². The highest BCUT2D eigenvalue weighted by molar-refractivity contribution is 5.40. The molecule has 0 aliphatic heterocycles. The van der Waals surface area contributed by atoms with Gasteiger partial charge in [-0.15, -0.1) is 0 Å². The summed E-state index contributed by atoms with van der Waals surface area (Å²) in [5, 5.41) is 0. The molecule has 2 nitrogen and oxygen atoms in total. The zero-order valence-corrected chi connectivity index (χ0v) is 10.7. The molecule has 0 saturated carbocycles. The summed E-state index contributed by atoms with van der Waals surface area (Å²) in [6.45, 7) is 8.20. The fourth-order valence-electron chi connectivity index (χ4n) is 1.63. The Labute approximate surface area is 102 Å². The van der Waals surface area contributed by atoms with Gasteiger partial charge in [0.1, 0.15) is 11.5 Å². The van der Waals surface area contributed by atoms with Crippen molar-refractivity contribution in [3.63, 3.8) is 0 Å². The van der Waals surface area contributed by atoms with Crippen molar-refractivity contribution in [1.29, 1.82) is 0 Å². The fraction of sp³-hybridized carbons (Fsp3) is 0.267. The number of aromatic nitrogens is 1. The number of rotatable bonds is 2. The van der Waals surface area contributed by atoms with E-state index in [1.54, 1.807) is 6.20 Å². The van der Waals surface area contributed by atoms with Gasteiger partial charge in [0.05, 0.1) is 0 Å². The molecule has 0 radical (unpaired) electrons. The van der Waals surface area contributed by atoms with E-state index in [4.69, 9.17) is 4.74 Å². The van der Waals surface area contributed by atoms with Crippen LogP contribution in [0.2, 0.25) is 0 Å². The van der Waals surface area contributed by atoms with Crippen molar-refractivity contribution in [2.75, 3.05) is 0 Å². The van der Waals surface area contributed by atoms with Gasteiger partial charge in [-0.1, -0.05) is 6.07 Å². The van der Waals surface area contributed by atoms with Gasteiger partial charge in [-0.05, 0) is 57.0 Å². The van der Waals surface area contributed by atoms with Crippen LogP contribution in [-0.2, 0) is 0 Å². The van der Waals surface area contributed by atoms with E-state index in [0.29, 0.717) is 0 Å². The number of hydrogen-bond donors (Lipinski definition) is 0. The van der Waals surface area contributed by atoms with Crippen LogP contribution in [0.5, 0.6) is 11.5 Å². The van der Waals surface area contributed by atoms with E-state index in [1.807, 2.05) is 26.0 Å². The second-order valence-electron chi connectivity index (χ2n) is 4.37. The number of ether oxygens (including phenoxy) is 1. The predicted molar refractivity (Wildman–Crippen MR) is 69.7 cm³/mol. The van der Waals surface area contributed by atoms with Crippen LogP contribution in [0.15, 0.2) is 30.5 Å². The zero-order valence-electron chi connectivity index (χ0n) is 10.7. The summed E-state index contributed by atoms with van der Waals surface area (Å²) < 4.78 is 5.89. The molecule has 0 N–H and O–H groups in total. The molecule has 0 bridgehead atoms. The Morgan fingerprint density at radius 1 is 0.941 bits per heavy atom. The number of benzene rings is 1. The van der Waals surface area contributed by atoms with Crippen molar-refractivity contribution in [3.8, 4) is 11.5 Å². The number of aryl methyl sites for hydroxylation is 3. The molecule has 0 spiro atoms. The third-order valence-corrected chi connectivity index (χ3v) is 3.11. The lowest BCUT2D eigenvalue weighted by molar-refractivity contribution is 0.477. The first kappa shape index (κ1) is 11.6. The maximum atomic E-state index is 5.89. The van der Waals surface area contributed by atoms with Gasteiger partial charge in [-0.25, -0.2) is 0 Å². The molecule has 2 rings (SSSR count). The van der Waals surface area contributed by atoms with Gasteiger partial charge in [0, 0.05) is 17.5 Å². The lowest BCUT2D eigenvalue weighted by Gasteiger charge is -2.11. The standard InChI is InChI=1S/C15H17NO/c1-10-5-6-14(9-11(10)2)17-15-7-8-16-13(4)12(15)3/h5-9H,1-4H3. The van der Waals surface area contributed by atoms with Crippen molar-refractivity contribution in [2.45, 2.75) is 27.7 Å². The van der Waals surface area contributed by atoms with Crippen molar-refractivity contribution in [1.82, 2.24) is 4.98 Å². The average Bonchev–Trinajstić information content (AvgIpc) is 2.30. The maximum absolute atomic E-state index is 5.89. The van der Waals surface area contributed by atoms with Gasteiger partial charge in [-0.2, -0.15) is 0 Å². The lowest BCUT2D eigenvalue weighted by atomic mass is 10.1. The molecule has 0 aliphatic carbocycles. The molecule has 1 aromatic carbocycles. The predicted octanol–water partition coefficient (Wildman–Crippen LogP) is 4.11. The minimum Gasteiger partial charge on any atom is -0.457 e. The van der Waals surface area contributed by atoms with Gasteiger partial charge >= 0.3 is 0 Å². The Kier molecular flexibility index (Phi) is 3.14. The van der Waals surface area contributed by atoms with E-state index >= 15 is 0 Å². The molecule has 0 fully saturated rings. The van der Waals surface area contributed by atoms with Crippen LogP contribution in [0.25, 0.3) is 0 Å². The van der Waals surface area contributed by atoms with Crippen LogP contribution < -0.4 is 4.74 Å². The summed E-state index contributed by atoms with van der Waals surface area (Å²) in [6, 6.07) is 8.04. The highest BCUT2D eigenvalue weighted by atomic mass is 16.5. The first-order valence-electron chi connectivity index (χ1n) is 5.75. The topological polar surface area (TPSA) is 22.1 Å². The van der Waals surface area contributed by atoms with E-state index in [1.165, 1.54) is 11.1 Å². The second-order valence-corrected chi connectivity index (χ2v) is 4.37. The Hall–Kier alpha value is -1.83. The SMILES string of the molecule is Cc1ccc(Oc2ccnc(C)c2C)cc1C. The summed E-state index contributed by atoms with van der Waals surface area (Å²) in [5.74, 6) is 1.75. The average molecular weight is 227 g/mol. The van der Waals surface area contributed by atoms with Crippen LogP contribution in [0.4, 0.5) is 0 Å². The summed E-state index contributed by atoms with van der Waals surface area (Å²) in [4.78, 5) is 4.23. The number of nitrogens with zero attached hydrogens (tertiary/aromatic N) is 1. The van der Waals surface area contributed by atoms with E-state index in [9.17, 15) is 0 Å². The third kappa shape index (κ3) is 2.47. The van der Waals surface area contributed by atoms with Crippen molar-refractivity contribution in [3.05, 3.63) is 52.8 Å². The fourth-order valence-corrected chi connectivity index (χ4v) is 1.63.